The molecule has 2 aliphatic rings. The zero-order valence-electron chi connectivity index (χ0n) is 25.1. The van der Waals surface area contributed by atoms with E-state index in [1.54, 1.807) is 0 Å². The fourth-order valence-corrected chi connectivity index (χ4v) is 11.2. The van der Waals surface area contributed by atoms with Gasteiger partial charge in [0.05, 0.1) is 0 Å². The van der Waals surface area contributed by atoms with Gasteiger partial charge in [0.15, 0.2) is 0 Å². The van der Waals surface area contributed by atoms with E-state index in [9.17, 15) is 0 Å². The standard InChI is InChI=1S/C28H37N4O2Si.3CH3.Sn/c1-27(2,3)24-21-14-13-20(28(15-9-10-16-28)26-29-31-32-30-26)18-23(21)33-25(34-35(4)5)22(24)17-19-11-7-6-8-12-19;;;;/h6-8,11-14,18,22,24-25,35H,9-10,15-17H2,1-5H3;3*1H3;/q-1;;;;+1/t22-,24+,25?;;;;/m0..../s1. The average molecular weight is 654 g/mol. The van der Waals surface area contributed by atoms with Gasteiger partial charge < -0.3 is 0 Å². The van der Waals surface area contributed by atoms with Crippen LogP contribution in [0.1, 0.15) is 74.9 Å². The van der Waals surface area contributed by atoms with E-state index in [4.69, 9.17) is 9.16 Å². The van der Waals surface area contributed by atoms with E-state index in [0.717, 1.165) is 30.8 Å². The van der Waals surface area contributed by atoms with Crippen LogP contribution in [-0.4, -0.2) is 52.4 Å². The molecule has 6 nitrogen and oxygen atoms in total. The zero-order valence-corrected chi connectivity index (χ0v) is 29.1. The maximum absolute atomic E-state index is 6.88. The Kier molecular flexibility index (Phi) is 8.07. The van der Waals surface area contributed by atoms with Gasteiger partial charge in [0.25, 0.3) is 0 Å². The van der Waals surface area contributed by atoms with E-state index in [2.05, 4.69) is 116 Å². The van der Waals surface area contributed by atoms with Crippen molar-refractivity contribution in [2.24, 2.45) is 11.3 Å². The summed E-state index contributed by atoms with van der Waals surface area (Å²) in [6, 6.07) is 17.9. The fourth-order valence-electron chi connectivity index (χ4n) is 6.95. The second-order valence-electron chi connectivity index (χ2n) is 14.0. The molecule has 210 valence electrons. The topological polar surface area (TPSA) is 62.1 Å². The first-order chi connectivity index (χ1) is 18.4. The van der Waals surface area contributed by atoms with E-state index in [1.165, 1.54) is 29.5 Å². The number of aromatic nitrogens is 4. The number of ether oxygens (including phenoxy) is 1. The average Bonchev–Trinajstić information content (AvgIpc) is 3.54. The Morgan fingerprint density at radius 1 is 1.05 bits per heavy atom. The van der Waals surface area contributed by atoms with Gasteiger partial charge in [-0.05, 0) is 0 Å². The van der Waals surface area contributed by atoms with Crippen molar-refractivity contribution in [3.05, 3.63) is 71.0 Å². The van der Waals surface area contributed by atoms with Gasteiger partial charge in [-0.2, -0.15) is 0 Å². The molecule has 2 heterocycles. The van der Waals surface area contributed by atoms with E-state index >= 15 is 0 Å². The maximum atomic E-state index is 6.88. The van der Waals surface area contributed by atoms with Crippen LogP contribution in [-0.2, 0) is 16.3 Å². The molecule has 0 spiro atoms. The van der Waals surface area contributed by atoms with Crippen LogP contribution in [0.5, 0.6) is 5.75 Å². The second-order valence-corrected chi connectivity index (χ2v) is 30.0. The van der Waals surface area contributed by atoms with Gasteiger partial charge in [-0.3, -0.25) is 0 Å². The number of fused-ring (bicyclic) bond motifs is 1. The van der Waals surface area contributed by atoms with Crippen molar-refractivity contribution in [1.82, 2.24) is 18.4 Å². The molecular formula is C31H46N4O2SiSn. The van der Waals surface area contributed by atoms with Gasteiger partial charge in [0.1, 0.15) is 0 Å². The van der Waals surface area contributed by atoms with Gasteiger partial charge in [-0.25, -0.2) is 0 Å². The predicted octanol–water partition coefficient (Wildman–Crippen LogP) is 6.92. The molecule has 3 atom stereocenters. The summed E-state index contributed by atoms with van der Waals surface area (Å²) in [4.78, 5) is 7.14. The summed E-state index contributed by atoms with van der Waals surface area (Å²) in [6.07, 6.45) is 5.23. The van der Waals surface area contributed by atoms with Gasteiger partial charge in [-0.15, -0.1) is 0 Å². The molecule has 8 heteroatoms. The Hall–Kier alpha value is -1.71. The molecule has 0 N–H and O–H groups in total. The number of benzene rings is 2. The van der Waals surface area contributed by atoms with Crippen LogP contribution in [0.3, 0.4) is 0 Å². The quantitative estimate of drug-likeness (QED) is 0.259. The molecule has 1 aliphatic heterocycles. The molecule has 1 saturated carbocycles. The molecule has 1 fully saturated rings. The summed E-state index contributed by atoms with van der Waals surface area (Å²) in [5, 5.41) is 13.4. The van der Waals surface area contributed by atoms with Crippen molar-refractivity contribution in [1.29, 1.82) is 0 Å². The first-order valence-electron chi connectivity index (χ1n) is 14.7. The van der Waals surface area contributed by atoms with Gasteiger partial charge in [0.2, 0.25) is 0 Å². The van der Waals surface area contributed by atoms with Crippen molar-refractivity contribution in [3.8, 4) is 5.75 Å². The van der Waals surface area contributed by atoms with Crippen molar-refractivity contribution in [3.63, 3.8) is 0 Å². The summed E-state index contributed by atoms with van der Waals surface area (Å²) >= 11 is -2.59. The van der Waals surface area contributed by atoms with Crippen LogP contribution in [0.25, 0.3) is 0 Å². The fraction of sp³-hybridized carbons (Fsp3) is 0.581. The number of rotatable bonds is 7. The molecule has 5 rings (SSSR count). The summed E-state index contributed by atoms with van der Waals surface area (Å²) in [5.74, 6) is 2.60. The Morgan fingerprint density at radius 3 is 2.36 bits per heavy atom. The van der Waals surface area contributed by atoms with E-state index in [-0.39, 0.29) is 23.0 Å². The number of tetrazole rings is 1. The second kappa shape index (κ2) is 10.9. The normalized spacial score (nSPS) is 23.1. The third kappa shape index (κ3) is 5.73. The SMILES string of the molecule is C[SiH](C)OC1Oc2cc(C3(c4nnn[n]4[Sn]([CH3])([CH3])[CH3])CCCC3)ccc2[C@@H](C(C)(C)C)[C@@H]1Cc1ccccc1. The number of hydrogen-bond donors (Lipinski definition) is 0. The minimum atomic E-state index is -2.59. The Bertz CT molecular complexity index is 1280. The Balaban J connectivity index is 1.62. The minimum absolute atomic E-state index is 0.0511. The van der Waals surface area contributed by atoms with Crippen LogP contribution < -0.4 is 4.74 Å². The van der Waals surface area contributed by atoms with Crippen molar-refractivity contribution in [2.45, 2.75) is 98.4 Å². The summed E-state index contributed by atoms with van der Waals surface area (Å²) in [7, 11) is -1.35. The zero-order chi connectivity index (χ0) is 28.0. The van der Waals surface area contributed by atoms with E-state index < -0.39 is 27.7 Å². The van der Waals surface area contributed by atoms with Crippen molar-refractivity contribution in [2.75, 3.05) is 0 Å². The van der Waals surface area contributed by atoms with Crippen LogP contribution in [0.15, 0.2) is 48.5 Å². The Morgan fingerprint density at radius 2 is 1.74 bits per heavy atom. The molecule has 1 unspecified atom stereocenters. The minimum Gasteiger partial charge on any atom is -0.0622 e. The van der Waals surface area contributed by atoms with Crippen LogP contribution in [0.2, 0.25) is 27.9 Å². The summed E-state index contributed by atoms with van der Waals surface area (Å²) in [5.41, 5.74) is 3.83. The molecule has 1 aromatic heterocycles. The van der Waals surface area contributed by atoms with Gasteiger partial charge >= 0.3 is 224 Å². The van der Waals surface area contributed by atoms with Crippen molar-refractivity contribution < 1.29 is 9.16 Å². The molecule has 0 amide bonds. The molecular weight excluding hydrogens is 607 g/mol. The molecule has 1 aliphatic carbocycles. The summed E-state index contributed by atoms with van der Waals surface area (Å²) < 4.78 is 15.8. The smallest absolute Gasteiger partial charge is 0.0622 e. The molecule has 0 radical (unpaired) electrons. The molecule has 2 aromatic carbocycles. The molecule has 3 aromatic rings. The van der Waals surface area contributed by atoms with Crippen molar-refractivity contribution >= 4 is 27.7 Å². The number of hydrogen-bond acceptors (Lipinski definition) is 5. The number of nitrogens with zero attached hydrogens (tertiary/aromatic N) is 4. The first-order valence-corrected chi connectivity index (χ1v) is 27.3. The molecule has 0 saturated heterocycles. The van der Waals surface area contributed by atoms with Crippen LogP contribution in [0, 0.1) is 11.3 Å². The third-order valence-corrected chi connectivity index (χ3v) is 13.9. The molecule has 39 heavy (non-hydrogen) atoms. The van der Waals surface area contributed by atoms with E-state index in [0.29, 0.717) is 5.92 Å². The summed E-state index contributed by atoms with van der Waals surface area (Å²) in [6.45, 7) is 11.6. The predicted molar refractivity (Wildman–Crippen MR) is 162 cm³/mol. The van der Waals surface area contributed by atoms with Gasteiger partial charge in [-0.1, -0.05) is 18.2 Å². The van der Waals surface area contributed by atoms with Gasteiger partial charge in [0, 0.05) is 0 Å². The third-order valence-electron chi connectivity index (χ3n) is 8.57. The monoisotopic (exact) mass is 654 g/mol. The molecule has 0 bridgehead atoms. The van der Waals surface area contributed by atoms with Crippen LogP contribution in [0.4, 0.5) is 0 Å². The first kappa shape index (κ1) is 28.8. The Labute approximate surface area is 240 Å². The van der Waals surface area contributed by atoms with Crippen LogP contribution >= 0.6 is 0 Å². The van der Waals surface area contributed by atoms with E-state index in [1.807, 2.05) is 0 Å².